The molecule has 11 nitrogen and oxygen atoms in total. The van der Waals surface area contributed by atoms with Gasteiger partial charge in [0.1, 0.15) is 15.9 Å². The van der Waals surface area contributed by atoms with Crippen LogP contribution >= 0.6 is 23.1 Å². The standard InChI is InChI=1S/C33H37N3O8S2/c1-5-43-31(41)27-23-16-17-36(32(42)44-33(2,3)4)19-24(23)46-30(27)35-29(40)28(20-10-7-6-8-11-20)45-22-13-9-12-21(18-22)34-25(37)14-15-26(38)39/h6-13,18,28H,5,14-17,19H2,1-4H3,(H,34,37)(H,35,40)(H,38,39). The SMILES string of the molecule is CCOC(=O)c1c(NC(=O)C(Sc2cccc(NC(=O)CCC(=O)O)c2)c2ccccc2)sc2c1CCN(C(=O)OC(C)(C)C)C2. The third-order valence-corrected chi connectivity index (χ3v) is 9.08. The van der Waals surface area contributed by atoms with Gasteiger partial charge in [0, 0.05) is 28.4 Å². The highest BCUT2D eigenvalue weighted by Crippen LogP contribution is 2.41. The summed E-state index contributed by atoms with van der Waals surface area (Å²) in [6.07, 6.45) is -0.493. The molecule has 0 radical (unpaired) electrons. The van der Waals surface area contributed by atoms with Gasteiger partial charge >= 0.3 is 18.0 Å². The van der Waals surface area contributed by atoms with Gasteiger partial charge in [0.2, 0.25) is 11.8 Å². The summed E-state index contributed by atoms with van der Waals surface area (Å²) in [4.78, 5) is 66.1. The molecule has 0 fully saturated rings. The lowest BCUT2D eigenvalue weighted by atomic mass is 10.0. The Bertz CT molecular complexity index is 1600. The van der Waals surface area contributed by atoms with E-state index in [1.54, 1.807) is 56.9 Å². The number of nitrogens with zero attached hydrogens (tertiary/aromatic N) is 1. The number of thioether (sulfide) groups is 1. The molecule has 0 saturated carbocycles. The van der Waals surface area contributed by atoms with E-state index in [2.05, 4.69) is 10.6 Å². The minimum atomic E-state index is -1.06. The minimum absolute atomic E-state index is 0.159. The second-order valence-electron chi connectivity index (χ2n) is 11.4. The van der Waals surface area contributed by atoms with Crippen LogP contribution in [0.1, 0.15) is 72.1 Å². The Kier molecular flexibility index (Phi) is 11.5. The number of hydrogen-bond donors (Lipinski definition) is 3. The first-order chi connectivity index (χ1) is 21.8. The van der Waals surface area contributed by atoms with Crippen molar-refractivity contribution in [3.05, 3.63) is 76.2 Å². The number of nitrogens with one attached hydrogen (secondary N) is 2. The Morgan fingerprint density at radius 3 is 2.43 bits per heavy atom. The van der Waals surface area contributed by atoms with Crippen molar-refractivity contribution in [2.45, 2.75) is 69.2 Å². The van der Waals surface area contributed by atoms with E-state index in [1.807, 2.05) is 30.3 Å². The third kappa shape index (κ3) is 9.33. The molecule has 1 unspecified atom stereocenters. The second kappa shape index (κ2) is 15.3. The molecule has 1 atom stereocenters. The van der Waals surface area contributed by atoms with Crippen LogP contribution in [0.15, 0.2) is 59.5 Å². The molecule has 1 aliphatic rings. The van der Waals surface area contributed by atoms with Gasteiger partial charge in [0.25, 0.3) is 0 Å². The molecule has 3 amide bonds. The number of amides is 3. The van der Waals surface area contributed by atoms with E-state index in [0.29, 0.717) is 34.1 Å². The summed E-state index contributed by atoms with van der Waals surface area (Å²) in [5.74, 6) is -2.41. The predicted octanol–water partition coefficient (Wildman–Crippen LogP) is 6.49. The van der Waals surface area contributed by atoms with Gasteiger partial charge in [-0.3, -0.25) is 14.4 Å². The number of anilines is 2. The highest BCUT2D eigenvalue weighted by Gasteiger charge is 2.34. The van der Waals surface area contributed by atoms with E-state index in [1.165, 1.54) is 23.1 Å². The average Bonchev–Trinajstić information content (AvgIpc) is 3.35. The lowest BCUT2D eigenvalue weighted by molar-refractivity contribution is -0.138. The maximum atomic E-state index is 14.0. The summed E-state index contributed by atoms with van der Waals surface area (Å²) in [6.45, 7) is 7.86. The van der Waals surface area contributed by atoms with E-state index in [4.69, 9.17) is 14.6 Å². The van der Waals surface area contributed by atoms with Crippen LogP contribution in [0.3, 0.4) is 0 Å². The molecule has 4 rings (SSSR count). The van der Waals surface area contributed by atoms with E-state index in [9.17, 15) is 24.0 Å². The summed E-state index contributed by atoms with van der Waals surface area (Å²) in [6, 6.07) is 16.1. The molecule has 244 valence electrons. The van der Waals surface area contributed by atoms with Gasteiger partial charge < -0.3 is 30.1 Å². The number of ether oxygens (including phenoxy) is 2. The Morgan fingerprint density at radius 2 is 1.76 bits per heavy atom. The first kappa shape index (κ1) is 34.5. The number of carbonyl (C=O) groups excluding carboxylic acids is 4. The molecular weight excluding hydrogens is 631 g/mol. The van der Waals surface area contributed by atoms with E-state index >= 15 is 0 Å². The van der Waals surface area contributed by atoms with Crippen molar-refractivity contribution in [2.75, 3.05) is 23.8 Å². The van der Waals surface area contributed by atoms with Crippen LogP contribution < -0.4 is 10.6 Å². The Labute approximate surface area is 275 Å². The van der Waals surface area contributed by atoms with Gasteiger partial charge in [-0.05, 0) is 63.4 Å². The van der Waals surface area contributed by atoms with Gasteiger partial charge in [-0.25, -0.2) is 9.59 Å². The highest BCUT2D eigenvalue weighted by atomic mass is 32.2. The Morgan fingerprint density at radius 1 is 1.02 bits per heavy atom. The predicted molar refractivity (Wildman–Crippen MR) is 176 cm³/mol. The summed E-state index contributed by atoms with van der Waals surface area (Å²) in [7, 11) is 0. The van der Waals surface area contributed by atoms with Gasteiger partial charge in [-0.1, -0.05) is 36.4 Å². The number of carbonyl (C=O) groups is 5. The van der Waals surface area contributed by atoms with Crippen LogP contribution in [-0.4, -0.2) is 58.6 Å². The zero-order valence-electron chi connectivity index (χ0n) is 26.1. The van der Waals surface area contributed by atoms with Crippen LogP contribution in [0, 0.1) is 0 Å². The zero-order chi connectivity index (χ0) is 33.4. The first-order valence-corrected chi connectivity index (χ1v) is 16.5. The number of rotatable bonds is 11. The fourth-order valence-corrected chi connectivity index (χ4v) is 7.04. The van der Waals surface area contributed by atoms with Crippen LogP contribution in [-0.2, 0) is 36.8 Å². The van der Waals surface area contributed by atoms with Crippen molar-refractivity contribution in [1.29, 1.82) is 0 Å². The molecule has 0 spiro atoms. The number of carboxylic acids is 1. The number of esters is 1. The quantitative estimate of drug-likeness (QED) is 0.154. The number of benzene rings is 2. The fourth-order valence-electron chi connectivity index (χ4n) is 4.70. The number of aliphatic carboxylic acids is 1. The van der Waals surface area contributed by atoms with E-state index in [0.717, 1.165) is 16.0 Å². The molecule has 1 aliphatic heterocycles. The highest BCUT2D eigenvalue weighted by molar-refractivity contribution is 8.00. The van der Waals surface area contributed by atoms with Crippen LogP contribution in [0.2, 0.25) is 0 Å². The second-order valence-corrected chi connectivity index (χ2v) is 13.7. The lowest BCUT2D eigenvalue weighted by Gasteiger charge is -2.30. The molecule has 46 heavy (non-hydrogen) atoms. The van der Waals surface area contributed by atoms with Gasteiger partial charge in [-0.15, -0.1) is 23.1 Å². The van der Waals surface area contributed by atoms with Crippen molar-refractivity contribution >= 4 is 63.6 Å². The van der Waals surface area contributed by atoms with E-state index < -0.39 is 34.8 Å². The summed E-state index contributed by atoms with van der Waals surface area (Å²) >= 11 is 2.50. The number of carboxylic acid groups (broad SMARTS) is 1. The van der Waals surface area contributed by atoms with Crippen LogP contribution in [0.25, 0.3) is 0 Å². The van der Waals surface area contributed by atoms with Gasteiger partial charge in [0.05, 0.1) is 25.1 Å². The topological polar surface area (TPSA) is 151 Å². The number of hydrogen-bond acceptors (Lipinski definition) is 9. The molecule has 2 heterocycles. The minimum Gasteiger partial charge on any atom is -0.481 e. The van der Waals surface area contributed by atoms with Crippen molar-refractivity contribution < 1.29 is 38.6 Å². The summed E-state index contributed by atoms with van der Waals surface area (Å²) < 4.78 is 10.9. The monoisotopic (exact) mass is 667 g/mol. The largest absolute Gasteiger partial charge is 0.481 e. The maximum Gasteiger partial charge on any atom is 0.410 e. The molecule has 1 aromatic heterocycles. The molecule has 0 saturated heterocycles. The lowest BCUT2D eigenvalue weighted by Crippen LogP contribution is -2.39. The smallest absolute Gasteiger partial charge is 0.410 e. The van der Waals surface area contributed by atoms with Crippen molar-refractivity contribution in [3.8, 4) is 0 Å². The molecule has 13 heteroatoms. The van der Waals surface area contributed by atoms with Gasteiger partial charge in [0.15, 0.2) is 0 Å². The number of thiophene rings is 1. The average molecular weight is 668 g/mol. The maximum absolute atomic E-state index is 14.0. The van der Waals surface area contributed by atoms with Crippen molar-refractivity contribution in [2.24, 2.45) is 0 Å². The van der Waals surface area contributed by atoms with Crippen LogP contribution in [0.5, 0.6) is 0 Å². The molecular formula is C33H37N3O8S2. The molecule has 0 bridgehead atoms. The fraction of sp³-hybridized carbons (Fsp3) is 0.364. The first-order valence-electron chi connectivity index (χ1n) is 14.8. The Hall–Kier alpha value is -4.36. The molecule has 0 aliphatic carbocycles. The third-order valence-electron chi connectivity index (χ3n) is 6.70. The zero-order valence-corrected chi connectivity index (χ0v) is 27.7. The summed E-state index contributed by atoms with van der Waals surface area (Å²) in [5.41, 5.74) is 1.57. The summed E-state index contributed by atoms with van der Waals surface area (Å²) in [5, 5.41) is 14.1. The molecule has 3 N–H and O–H groups in total. The van der Waals surface area contributed by atoms with Crippen molar-refractivity contribution in [1.82, 2.24) is 4.90 Å². The molecule has 2 aromatic carbocycles. The van der Waals surface area contributed by atoms with E-state index in [-0.39, 0.29) is 31.9 Å². The normalized spacial score (nSPS) is 13.3. The molecule has 3 aromatic rings. The number of fused-ring (bicyclic) bond motifs is 1. The Balaban J connectivity index is 1.60. The van der Waals surface area contributed by atoms with Gasteiger partial charge in [-0.2, -0.15) is 0 Å². The van der Waals surface area contributed by atoms with Crippen LogP contribution in [0.4, 0.5) is 15.5 Å². The van der Waals surface area contributed by atoms with Crippen molar-refractivity contribution in [3.63, 3.8) is 0 Å².